The average molecular weight is 613 g/mol. The van der Waals surface area contributed by atoms with Crippen LogP contribution in [0.15, 0.2) is 72.9 Å². The fourth-order valence-electron chi connectivity index (χ4n) is 4.61. The Morgan fingerprint density at radius 1 is 0.568 bits per heavy atom. The van der Waals surface area contributed by atoms with Crippen LogP contribution in [0.5, 0.6) is 0 Å². The third-order valence-corrected chi connectivity index (χ3v) is 7.28. The molecule has 44 heavy (non-hydrogen) atoms. The van der Waals surface area contributed by atoms with Gasteiger partial charge in [-0.05, 0) is 70.6 Å². The van der Waals surface area contributed by atoms with Gasteiger partial charge in [0.05, 0.1) is 13.2 Å². The molecule has 1 N–H and O–H groups in total. The van der Waals surface area contributed by atoms with E-state index >= 15 is 0 Å². The summed E-state index contributed by atoms with van der Waals surface area (Å²) in [7, 11) is 0. The predicted octanol–water partition coefficient (Wildman–Crippen LogP) is 11.5. The van der Waals surface area contributed by atoms with Crippen LogP contribution in [0.25, 0.3) is 0 Å². The highest BCUT2D eigenvalue weighted by molar-refractivity contribution is 5.69. The molecule has 0 saturated heterocycles. The van der Waals surface area contributed by atoms with E-state index in [-0.39, 0.29) is 19.2 Å². The van der Waals surface area contributed by atoms with Crippen LogP contribution in [0.3, 0.4) is 0 Å². The van der Waals surface area contributed by atoms with E-state index in [1.807, 2.05) is 6.08 Å². The SMILES string of the molecule is CC/C=C\C/C=C\C/C=C\C/C=C\CCC(=O)OC(CO)COCCCCCCCCCC/C=C\C/C=C\CCCCCC. The van der Waals surface area contributed by atoms with E-state index in [1.54, 1.807) is 0 Å². The van der Waals surface area contributed by atoms with Crippen molar-refractivity contribution in [3.8, 4) is 0 Å². The van der Waals surface area contributed by atoms with Crippen molar-refractivity contribution < 1.29 is 19.4 Å². The smallest absolute Gasteiger partial charge is 0.306 e. The van der Waals surface area contributed by atoms with Crippen molar-refractivity contribution in [3.63, 3.8) is 0 Å². The summed E-state index contributed by atoms with van der Waals surface area (Å²) in [5, 5.41) is 9.53. The van der Waals surface area contributed by atoms with Crippen LogP contribution in [0.4, 0.5) is 0 Å². The molecule has 0 aromatic heterocycles. The highest BCUT2D eigenvalue weighted by Crippen LogP contribution is 2.11. The quantitative estimate of drug-likeness (QED) is 0.0466. The van der Waals surface area contributed by atoms with E-state index in [4.69, 9.17) is 9.47 Å². The summed E-state index contributed by atoms with van der Waals surface area (Å²) in [5.74, 6) is -0.285. The Bertz CT molecular complexity index is 774. The van der Waals surface area contributed by atoms with E-state index in [0.717, 1.165) is 44.9 Å². The molecule has 0 aliphatic rings. The molecule has 0 saturated carbocycles. The van der Waals surface area contributed by atoms with Gasteiger partial charge in [-0.3, -0.25) is 4.79 Å². The monoisotopic (exact) mass is 613 g/mol. The first-order chi connectivity index (χ1) is 21.7. The molecule has 0 aromatic carbocycles. The normalized spacial score (nSPS) is 13.2. The number of ether oxygens (including phenoxy) is 2. The number of hydrogen-bond donors (Lipinski definition) is 1. The summed E-state index contributed by atoms with van der Waals surface area (Å²) in [5.41, 5.74) is 0. The van der Waals surface area contributed by atoms with Gasteiger partial charge >= 0.3 is 5.97 Å². The molecule has 0 bridgehead atoms. The van der Waals surface area contributed by atoms with Crippen molar-refractivity contribution in [2.75, 3.05) is 19.8 Å². The van der Waals surface area contributed by atoms with E-state index in [1.165, 1.54) is 77.0 Å². The number of esters is 1. The molecule has 1 atom stereocenters. The molecule has 0 heterocycles. The minimum Gasteiger partial charge on any atom is -0.457 e. The van der Waals surface area contributed by atoms with Crippen molar-refractivity contribution in [2.45, 2.75) is 155 Å². The minimum atomic E-state index is -0.577. The van der Waals surface area contributed by atoms with Gasteiger partial charge in [0.1, 0.15) is 6.10 Å². The van der Waals surface area contributed by atoms with Gasteiger partial charge in [0.15, 0.2) is 0 Å². The van der Waals surface area contributed by atoms with E-state index in [2.05, 4.69) is 80.7 Å². The number of hydrogen-bond acceptors (Lipinski definition) is 4. The lowest BCUT2D eigenvalue weighted by Crippen LogP contribution is -2.27. The molecule has 1 unspecified atom stereocenters. The Hall–Kier alpha value is -2.17. The number of unbranched alkanes of at least 4 members (excludes halogenated alkanes) is 12. The van der Waals surface area contributed by atoms with Crippen LogP contribution in [-0.4, -0.2) is 37.0 Å². The number of carbonyl (C=O) groups is 1. The zero-order valence-corrected chi connectivity index (χ0v) is 28.6. The Morgan fingerprint density at radius 2 is 1.02 bits per heavy atom. The maximum atomic E-state index is 12.1. The number of allylic oxidation sites excluding steroid dienone is 12. The topological polar surface area (TPSA) is 55.8 Å². The van der Waals surface area contributed by atoms with Crippen LogP contribution in [0.2, 0.25) is 0 Å². The van der Waals surface area contributed by atoms with Gasteiger partial charge in [0, 0.05) is 13.0 Å². The van der Waals surface area contributed by atoms with E-state index < -0.39 is 6.10 Å². The molecule has 0 fully saturated rings. The standard InChI is InChI=1S/C40H68O4/c1-3-5-7-9-11-13-15-17-18-19-20-21-22-24-26-28-30-32-34-36-43-38-39(37-41)44-40(42)35-33-31-29-27-25-23-16-14-12-10-8-6-4-2/h6,8,12-15,18-19,23,25,29,31,39,41H,3-5,7,9-11,16-17,20-22,24,26-28,30,32-38H2,1-2H3/b8-6-,14-12-,15-13-,19-18-,25-23-,31-29-. The summed E-state index contributed by atoms with van der Waals surface area (Å²) >= 11 is 0. The number of aliphatic hydroxyl groups excluding tert-OH is 1. The van der Waals surface area contributed by atoms with Crippen LogP contribution in [0, 0.1) is 0 Å². The number of rotatable bonds is 32. The molecule has 0 rings (SSSR count). The first-order valence-corrected chi connectivity index (χ1v) is 18.0. The highest BCUT2D eigenvalue weighted by atomic mass is 16.6. The van der Waals surface area contributed by atoms with Gasteiger partial charge in [-0.25, -0.2) is 0 Å². The maximum Gasteiger partial charge on any atom is 0.306 e. The molecular formula is C40H68O4. The van der Waals surface area contributed by atoms with Crippen molar-refractivity contribution in [1.29, 1.82) is 0 Å². The largest absolute Gasteiger partial charge is 0.457 e. The predicted molar refractivity (Wildman–Crippen MR) is 191 cm³/mol. The van der Waals surface area contributed by atoms with Gasteiger partial charge in [0.25, 0.3) is 0 Å². The van der Waals surface area contributed by atoms with Crippen molar-refractivity contribution in [1.82, 2.24) is 0 Å². The summed E-state index contributed by atoms with van der Waals surface area (Å²) in [4.78, 5) is 12.1. The van der Waals surface area contributed by atoms with Crippen LogP contribution >= 0.6 is 0 Å². The second-order valence-electron chi connectivity index (χ2n) is 11.6. The average Bonchev–Trinajstić information content (AvgIpc) is 3.03. The van der Waals surface area contributed by atoms with Crippen molar-refractivity contribution in [3.05, 3.63) is 72.9 Å². The Labute approximate surface area is 272 Å². The van der Waals surface area contributed by atoms with Gasteiger partial charge in [0.2, 0.25) is 0 Å². The highest BCUT2D eigenvalue weighted by Gasteiger charge is 2.13. The van der Waals surface area contributed by atoms with Crippen molar-refractivity contribution in [2.24, 2.45) is 0 Å². The number of aliphatic hydroxyl groups is 1. The second kappa shape index (κ2) is 37.0. The first-order valence-electron chi connectivity index (χ1n) is 18.0. The van der Waals surface area contributed by atoms with Gasteiger partial charge in [-0.2, -0.15) is 0 Å². The minimum absolute atomic E-state index is 0.207. The van der Waals surface area contributed by atoms with Crippen LogP contribution in [0.1, 0.15) is 149 Å². The lowest BCUT2D eigenvalue weighted by Gasteiger charge is -2.15. The molecule has 0 radical (unpaired) electrons. The summed E-state index contributed by atoms with van der Waals surface area (Å²) in [6.07, 6.45) is 49.5. The molecule has 0 amide bonds. The third-order valence-electron chi connectivity index (χ3n) is 7.28. The van der Waals surface area contributed by atoms with Crippen LogP contribution in [-0.2, 0) is 14.3 Å². The summed E-state index contributed by atoms with van der Waals surface area (Å²) < 4.78 is 11.0. The lowest BCUT2D eigenvalue weighted by molar-refractivity contribution is -0.154. The second-order valence-corrected chi connectivity index (χ2v) is 11.6. The van der Waals surface area contributed by atoms with Crippen molar-refractivity contribution >= 4 is 5.97 Å². The third kappa shape index (κ3) is 34.3. The first kappa shape index (κ1) is 41.8. The van der Waals surface area contributed by atoms with Crippen LogP contribution < -0.4 is 0 Å². The summed E-state index contributed by atoms with van der Waals surface area (Å²) in [6.45, 7) is 5.10. The van der Waals surface area contributed by atoms with Gasteiger partial charge in [-0.15, -0.1) is 0 Å². The maximum absolute atomic E-state index is 12.1. The molecule has 0 aromatic rings. The molecule has 4 heteroatoms. The molecule has 0 spiro atoms. The molecule has 0 aliphatic heterocycles. The zero-order chi connectivity index (χ0) is 32.0. The number of carbonyl (C=O) groups excluding carboxylic acids is 1. The molecule has 0 aliphatic carbocycles. The van der Waals surface area contributed by atoms with E-state index in [0.29, 0.717) is 19.4 Å². The zero-order valence-electron chi connectivity index (χ0n) is 28.6. The lowest BCUT2D eigenvalue weighted by atomic mass is 10.1. The Balaban J connectivity index is 3.56. The molecule has 4 nitrogen and oxygen atoms in total. The Morgan fingerprint density at radius 3 is 1.55 bits per heavy atom. The molecule has 252 valence electrons. The summed E-state index contributed by atoms with van der Waals surface area (Å²) in [6, 6.07) is 0. The Kier molecular flexibility index (Phi) is 35.2. The van der Waals surface area contributed by atoms with Gasteiger partial charge in [-0.1, -0.05) is 145 Å². The van der Waals surface area contributed by atoms with Gasteiger partial charge < -0.3 is 14.6 Å². The fourth-order valence-corrected chi connectivity index (χ4v) is 4.61. The molecular weight excluding hydrogens is 544 g/mol. The fraction of sp³-hybridized carbons (Fsp3) is 0.675. The van der Waals surface area contributed by atoms with E-state index in [9.17, 15) is 9.90 Å².